The number of nitrogens with zero attached hydrogens (tertiary/aromatic N) is 2. The van der Waals surface area contributed by atoms with Gasteiger partial charge in [-0.1, -0.05) is 42.5 Å². The Morgan fingerprint density at radius 2 is 1.07 bits per heavy atom. The highest BCUT2D eigenvalue weighted by Crippen LogP contribution is 2.41. The molecule has 4 nitrogen and oxygen atoms in total. The lowest BCUT2D eigenvalue weighted by atomic mass is 9.77. The normalized spacial score (nSPS) is 15.7. The number of nitriles is 2. The third-order valence-electron chi connectivity index (χ3n) is 9.04. The third-order valence-corrected chi connectivity index (χ3v) is 9.04. The van der Waals surface area contributed by atoms with Crippen molar-refractivity contribution in [3.8, 4) is 34.4 Å². The average Bonchev–Trinajstić information content (AvgIpc) is 3.20. The smallest absolute Gasteiger partial charge is 0.399 e. The summed E-state index contributed by atoms with van der Waals surface area (Å²) in [6.07, 6.45) is 0. The van der Waals surface area contributed by atoms with E-state index in [0.29, 0.717) is 11.1 Å². The van der Waals surface area contributed by atoms with Gasteiger partial charge in [0.1, 0.15) is 0 Å². The topological polar surface area (TPSA) is 66.0 Å². The van der Waals surface area contributed by atoms with Gasteiger partial charge in [-0.05, 0) is 138 Å². The highest BCUT2D eigenvalue weighted by molar-refractivity contribution is 6.62. The molecule has 1 heterocycles. The highest BCUT2D eigenvalue weighted by Gasteiger charge is 2.51. The van der Waals surface area contributed by atoms with Gasteiger partial charge < -0.3 is 9.31 Å². The lowest BCUT2D eigenvalue weighted by molar-refractivity contribution is 0.00578. The molecule has 5 aromatic rings. The summed E-state index contributed by atoms with van der Waals surface area (Å²) < 4.78 is 12.8. The third kappa shape index (κ3) is 4.39. The molecule has 0 bridgehead atoms. The monoisotopic (exact) mass is 534 g/mol. The van der Waals surface area contributed by atoms with Crippen LogP contribution >= 0.6 is 0 Å². The molecule has 0 N–H and O–H groups in total. The van der Waals surface area contributed by atoms with E-state index < -0.39 is 18.3 Å². The first-order valence-electron chi connectivity index (χ1n) is 13.9. The molecule has 200 valence electrons. The zero-order valence-electron chi connectivity index (χ0n) is 24.3. The van der Waals surface area contributed by atoms with Crippen LogP contribution < -0.4 is 5.46 Å². The molecule has 1 saturated heterocycles. The molecule has 0 aromatic heterocycles. The molecule has 0 aliphatic carbocycles. The first kappa shape index (κ1) is 26.8. The molecular weight excluding hydrogens is 503 g/mol. The number of fused-ring (bicyclic) bond motifs is 3. The summed E-state index contributed by atoms with van der Waals surface area (Å²) in [5.74, 6) is 0. The largest absolute Gasteiger partial charge is 0.494 e. The minimum atomic E-state index is -0.470. The fourth-order valence-electron chi connectivity index (χ4n) is 5.70. The SMILES string of the molecule is Cc1c(-c2ccc(C#N)cc2)cc2c(cc(-c3ccc(C#N)cc3)c3cc(B4OC(C)(C)C(C)(C)O4)ccc32)c1C. The van der Waals surface area contributed by atoms with Gasteiger partial charge in [-0.3, -0.25) is 0 Å². The van der Waals surface area contributed by atoms with Gasteiger partial charge in [-0.2, -0.15) is 10.5 Å². The van der Waals surface area contributed by atoms with E-state index in [1.165, 1.54) is 21.9 Å². The lowest BCUT2D eigenvalue weighted by Gasteiger charge is -2.32. The number of benzene rings is 5. The second-order valence-corrected chi connectivity index (χ2v) is 12.0. The first-order valence-corrected chi connectivity index (χ1v) is 13.9. The van der Waals surface area contributed by atoms with Crippen LogP contribution in [0.1, 0.15) is 49.9 Å². The minimum absolute atomic E-state index is 0.434. The Morgan fingerprint density at radius 1 is 0.561 bits per heavy atom. The average molecular weight is 534 g/mol. The van der Waals surface area contributed by atoms with E-state index in [4.69, 9.17) is 9.31 Å². The van der Waals surface area contributed by atoms with Crippen LogP contribution in [0.5, 0.6) is 0 Å². The van der Waals surface area contributed by atoms with Gasteiger partial charge in [-0.15, -0.1) is 0 Å². The standard InChI is InChI=1S/C36H31BN2O2/c1-22-23(2)31-19-32(27-13-9-25(21-39)10-14-27)33-17-28(37-40-35(3,4)36(5,6)41-37)15-16-29(33)34(31)18-30(22)26-11-7-24(20-38)8-12-26/h7-19H,1-6H3. The molecular formula is C36H31BN2O2. The summed E-state index contributed by atoms with van der Waals surface area (Å²) in [6, 6.07) is 31.1. The minimum Gasteiger partial charge on any atom is -0.399 e. The van der Waals surface area contributed by atoms with Crippen molar-refractivity contribution in [1.29, 1.82) is 10.5 Å². The predicted octanol–water partition coefficient (Wildman–Crippen LogP) is 7.99. The lowest BCUT2D eigenvalue weighted by Crippen LogP contribution is -2.41. The fraction of sp³-hybridized carbons (Fsp3) is 0.222. The molecule has 6 rings (SSSR count). The molecule has 1 aliphatic heterocycles. The number of aryl methyl sites for hydroxylation is 1. The number of rotatable bonds is 3. The molecule has 1 fully saturated rings. The van der Waals surface area contributed by atoms with Gasteiger partial charge in [-0.25, -0.2) is 0 Å². The molecule has 5 aromatic carbocycles. The fourth-order valence-corrected chi connectivity index (χ4v) is 5.70. The maximum Gasteiger partial charge on any atom is 0.494 e. The van der Waals surface area contributed by atoms with Crippen LogP contribution in [0.25, 0.3) is 43.8 Å². The summed E-state index contributed by atoms with van der Waals surface area (Å²) in [5, 5.41) is 23.3. The van der Waals surface area contributed by atoms with E-state index in [-0.39, 0.29) is 0 Å². The Balaban J connectivity index is 1.62. The van der Waals surface area contributed by atoms with E-state index >= 15 is 0 Å². The quantitative estimate of drug-likeness (QED) is 0.174. The van der Waals surface area contributed by atoms with Crippen LogP contribution in [-0.4, -0.2) is 18.3 Å². The van der Waals surface area contributed by atoms with Crippen molar-refractivity contribution in [2.75, 3.05) is 0 Å². The summed E-state index contributed by atoms with van der Waals surface area (Å²) in [4.78, 5) is 0. The maximum atomic E-state index is 9.38. The first-order chi connectivity index (χ1) is 19.5. The van der Waals surface area contributed by atoms with Crippen LogP contribution in [-0.2, 0) is 9.31 Å². The van der Waals surface area contributed by atoms with Gasteiger partial charge >= 0.3 is 7.12 Å². The van der Waals surface area contributed by atoms with Crippen LogP contribution in [0.2, 0.25) is 0 Å². The highest BCUT2D eigenvalue weighted by atomic mass is 16.7. The molecule has 0 atom stereocenters. The molecule has 0 amide bonds. The van der Waals surface area contributed by atoms with Crippen LogP contribution in [0.15, 0.2) is 78.9 Å². The van der Waals surface area contributed by atoms with Crippen LogP contribution in [0.4, 0.5) is 0 Å². The van der Waals surface area contributed by atoms with Crippen molar-refractivity contribution >= 4 is 34.1 Å². The van der Waals surface area contributed by atoms with E-state index in [1.54, 1.807) is 0 Å². The van der Waals surface area contributed by atoms with Gasteiger partial charge in [0.2, 0.25) is 0 Å². The molecule has 0 spiro atoms. The van der Waals surface area contributed by atoms with Gasteiger partial charge in [0.05, 0.1) is 34.5 Å². The zero-order valence-corrected chi connectivity index (χ0v) is 24.3. The summed E-state index contributed by atoms with van der Waals surface area (Å²) in [6.45, 7) is 12.6. The van der Waals surface area contributed by atoms with E-state index in [2.05, 4.69) is 84.0 Å². The van der Waals surface area contributed by atoms with Gasteiger partial charge in [0.25, 0.3) is 0 Å². The number of hydrogen-bond acceptors (Lipinski definition) is 4. The Bertz CT molecular complexity index is 1910. The predicted molar refractivity (Wildman–Crippen MR) is 167 cm³/mol. The molecule has 0 radical (unpaired) electrons. The second-order valence-electron chi connectivity index (χ2n) is 12.0. The maximum absolute atomic E-state index is 9.38. The number of hydrogen-bond donors (Lipinski definition) is 0. The van der Waals surface area contributed by atoms with Crippen molar-refractivity contribution in [2.45, 2.75) is 52.7 Å². The van der Waals surface area contributed by atoms with E-state index in [9.17, 15) is 10.5 Å². The summed E-state index contributed by atoms with van der Waals surface area (Å²) >= 11 is 0. The van der Waals surface area contributed by atoms with Crippen molar-refractivity contribution in [3.05, 3.63) is 101 Å². The van der Waals surface area contributed by atoms with Gasteiger partial charge in [0, 0.05) is 0 Å². The second kappa shape index (κ2) is 9.60. The molecule has 0 saturated carbocycles. The van der Waals surface area contributed by atoms with Crippen molar-refractivity contribution in [1.82, 2.24) is 0 Å². The van der Waals surface area contributed by atoms with E-state index in [0.717, 1.165) is 38.5 Å². The van der Waals surface area contributed by atoms with Crippen molar-refractivity contribution in [2.24, 2.45) is 0 Å². The Hall–Kier alpha value is -4.42. The molecule has 41 heavy (non-hydrogen) atoms. The Morgan fingerprint density at radius 3 is 1.61 bits per heavy atom. The van der Waals surface area contributed by atoms with Crippen molar-refractivity contribution in [3.63, 3.8) is 0 Å². The summed E-state index contributed by atoms with van der Waals surface area (Å²) in [5.41, 5.74) is 8.21. The molecule has 0 unspecified atom stereocenters. The van der Waals surface area contributed by atoms with Crippen LogP contribution in [0, 0.1) is 36.5 Å². The Labute approximate surface area is 241 Å². The van der Waals surface area contributed by atoms with Crippen molar-refractivity contribution < 1.29 is 9.31 Å². The zero-order chi connectivity index (χ0) is 29.1. The van der Waals surface area contributed by atoms with Gasteiger partial charge in [0.15, 0.2) is 0 Å². The molecule has 5 heteroatoms. The Kier molecular flexibility index (Phi) is 6.27. The summed E-state index contributed by atoms with van der Waals surface area (Å²) in [7, 11) is -0.470. The van der Waals surface area contributed by atoms with E-state index in [1.807, 2.05) is 48.5 Å². The molecule has 1 aliphatic rings. The van der Waals surface area contributed by atoms with Crippen LogP contribution in [0.3, 0.4) is 0 Å².